The number of primary amides is 1. The van der Waals surface area contributed by atoms with Crippen LogP contribution in [0, 0.1) is 0 Å². The van der Waals surface area contributed by atoms with Gasteiger partial charge in [0.2, 0.25) is 23.2 Å². The SMILES string of the molecule is C.C.CNC(CCCCNC(=O)CCN1C(=O)C=CC1=O)C(=O)P=S.CNC(CCCCNC(=O)CCN1C(=O)C=CC1=O)C(N)=O.S=PP=S. The van der Waals surface area contributed by atoms with E-state index in [2.05, 4.69) is 44.9 Å². The van der Waals surface area contributed by atoms with Crippen LogP contribution >= 0.6 is 21.4 Å². The fourth-order valence-electron chi connectivity index (χ4n) is 4.19. The van der Waals surface area contributed by atoms with E-state index in [0.717, 1.165) is 49.6 Å². The molecule has 0 fully saturated rings. The van der Waals surface area contributed by atoms with Gasteiger partial charge in [-0.15, -0.1) is 0 Å². The van der Waals surface area contributed by atoms with Crippen molar-refractivity contribution in [3.05, 3.63) is 24.3 Å². The van der Waals surface area contributed by atoms with Gasteiger partial charge in [-0.2, -0.15) is 0 Å². The van der Waals surface area contributed by atoms with Crippen LogP contribution in [0.5, 0.6) is 0 Å². The first-order chi connectivity index (χ1) is 23.4. The number of nitrogens with two attached hydrogens (primary N) is 1. The van der Waals surface area contributed by atoms with Crippen molar-refractivity contribution in [2.45, 2.75) is 78.3 Å². The van der Waals surface area contributed by atoms with Crippen LogP contribution in [0.3, 0.4) is 0 Å². The summed E-state index contributed by atoms with van der Waals surface area (Å²) < 4.78 is 0. The van der Waals surface area contributed by atoms with Crippen molar-refractivity contribution in [1.29, 1.82) is 0 Å². The lowest BCUT2D eigenvalue weighted by Gasteiger charge is -2.14. The van der Waals surface area contributed by atoms with Crippen LogP contribution < -0.4 is 27.0 Å². The number of unbranched alkanes of at least 4 members (excludes halogenated alkanes) is 2. The van der Waals surface area contributed by atoms with Crippen molar-refractivity contribution >= 4 is 104 Å². The number of rotatable bonds is 22. The molecule has 0 aromatic heterocycles. The number of nitrogens with zero attached hydrogens (tertiary/aromatic N) is 2. The molecule has 0 aromatic carbocycles. The number of hydrogen-bond donors (Lipinski definition) is 5. The van der Waals surface area contributed by atoms with Gasteiger partial charge in [0.25, 0.3) is 23.6 Å². The zero-order valence-corrected chi connectivity index (χ0v) is 32.4. The predicted molar refractivity (Wildman–Crippen MR) is 211 cm³/mol. The lowest BCUT2D eigenvalue weighted by Crippen LogP contribution is -2.39. The minimum absolute atomic E-state index is 0. The standard InChI is InChI=1S/C14H22N4O4.C14H20N3O4PS.2CH4.P2S2/c1-16-10(14(15)22)4-2-3-8-17-11(19)7-9-18-12(20)5-6-13(18)21;1-15-10(14(21)22-23)4-2-3-8-16-11(18)7-9-17-12(19)5-6-13(17)20;;;3-1-2-4/h5-6,10,16H,2-4,7-9H2,1H3,(H2,15,22)(H,17,19);5-6,10,15H,2-4,7-9H2,1H3,(H,16,18);2*1H4;. The lowest BCUT2D eigenvalue weighted by molar-refractivity contribution is -0.139. The topological polar surface area (TPSA) is 217 Å². The van der Waals surface area contributed by atoms with Gasteiger partial charge in [-0.05, 0) is 88.0 Å². The second kappa shape index (κ2) is 32.0. The molecule has 21 heteroatoms. The summed E-state index contributed by atoms with van der Waals surface area (Å²) in [5.41, 5.74) is 5.18. The van der Waals surface area contributed by atoms with E-state index < -0.39 is 0 Å². The number of nitrogens with one attached hydrogen (secondary N) is 4. The average Bonchev–Trinajstić information content (AvgIpc) is 3.59. The second-order valence-corrected chi connectivity index (χ2v) is 15.6. The van der Waals surface area contributed by atoms with Crippen molar-refractivity contribution in [1.82, 2.24) is 31.1 Å². The zero-order chi connectivity index (χ0) is 37.2. The van der Waals surface area contributed by atoms with Gasteiger partial charge in [-0.1, -0.05) is 14.9 Å². The van der Waals surface area contributed by atoms with E-state index in [1.807, 2.05) is 0 Å². The Morgan fingerprint density at radius 1 is 0.667 bits per heavy atom. The first-order valence-corrected chi connectivity index (χ1v) is 21.6. The Balaban J connectivity index is -0.000000789. The first kappa shape index (κ1) is 52.7. The Morgan fingerprint density at radius 3 is 1.31 bits per heavy atom. The number of hydrogen-bond acceptors (Lipinski definition) is 13. The molecule has 51 heavy (non-hydrogen) atoms. The van der Waals surface area contributed by atoms with Gasteiger partial charge in [0, 0.05) is 77.4 Å². The summed E-state index contributed by atoms with van der Waals surface area (Å²) in [6.45, 7) is 1.15. The number of carbonyl (C=O) groups excluding carboxylic acids is 8. The summed E-state index contributed by atoms with van der Waals surface area (Å²) in [6, 6.07) is -0.583. The number of amides is 7. The lowest BCUT2D eigenvalue weighted by atomic mass is 10.1. The van der Waals surface area contributed by atoms with Crippen LogP contribution in [0.4, 0.5) is 0 Å². The third-order valence-electron chi connectivity index (χ3n) is 6.87. The molecule has 0 saturated carbocycles. The fourth-order valence-corrected chi connectivity index (χ4v) is 4.96. The highest BCUT2D eigenvalue weighted by Crippen LogP contribution is 2.10. The summed E-state index contributed by atoms with van der Waals surface area (Å²) in [5.74, 6) is -2.35. The Labute approximate surface area is 320 Å². The molecular formula is C30H50N7O8P3S3. The number of imide groups is 2. The zero-order valence-electron chi connectivity index (χ0n) is 27.3. The molecule has 15 nitrogen and oxygen atoms in total. The quantitative estimate of drug-likeness (QED) is 0.0599. The van der Waals surface area contributed by atoms with Crippen LogP contribution in [0.2, 0.25) is 0 Å². The number of likely N-dealkylation sites (N-methyl/N-ethyl adjacent to an activating group) is 2. The average molecular weight is 826 g/mol. The highest BCUT2D eigenvalue weighted by atomic mass is 32.7. The molecule has 286 valence electrons. The smallest absolute Gasteiger partial charge is 0.253 e. The number of carbonyl (C=O) groups is 8. The van der Waals surface area contributed by atoms with E-state index in [1.54, 1.807) is 14.1 Å². The summed E-state index contributed by atoms with van der Waals surface area (Å²) in [5, 5.41) is 11.2. The van der Waals surface area contributed by atoms with Crippen LogP contribution in [-0.4, -0.2) is 109 Å². The van der Waals surface area contributed by atoms with Crippen molar-refractivity contribution in [2.24, 2.45) is 5.73 Å². The third kappa shape index (κ3) is 23.5. The minimum Gasteiger partial charge on any atom is -0.368 e. The molecule has 2 heterocycles. The second-order valence-electron chi connectivity index (χ2n) is 10.2. The van der Waals surface area contributed by atoms with Crippen molar-refractivity contribution < 1.29 is 38.4 Å². The van der Waals surface area contributed by atoms with E-state index >= 15 is 0 Å². The van der Waals surface area contributed by atoms with Crippen molar-refractivity contribution in [3.63, 3.8) is 0 Å². The molecule has 0 aromatic rings. The molecule has 2 rings (SSSR count). The van der Waals surface area contributed by atoms with Gasteiger partial charge in [-0.25, -0.2) is 0 Å². The molecule has 7 amide bonds. The summed E-state index contributed by atoms with van der Waals surface area (Å²) in [6.07, 6.45) is 9.25. The molecule has 2 aliphatic heterocycles. The van der Waals surface area contributed by atoms with Gasteiger partial charge in [0.05, 0.1) is 19.4 Å². The van der Waals surface area contributed by atoms with E-state index in [9.17, 15) is 38.4 Å². The van der Waals surface area contributed by atoms with Crippen LogP contribution in [-0.2, 0) is 73.8 Å². The van der Waals surface area contributed by atoms with E-state index in [-0.39, 0.29) is 99.7 Å². The fraction of sp³-hybridized carbons (Fsp3) is 0.600. The maximum Gasteiger partial charge on any atom is 0.253 e. The summed E-state index contributed by atoms with van der Waals surface area (Å²) in [7, 11) is 5.47. The highest BCUT2D eigenvalue weighted by Gasteiger charge is 2.24. The van der Waals surface area contributed by atoms with Gasteiger partial charge >= 0.3 is 0 Å². The van der Waals surface area contributed by atoms with Crippen LogP contribution in [0.15, 0.2) is 24.3 Å². The molecule has 2 aliphatic rings. The molecule has 0 spiro atoms. The Morgan fingerprint density at radius 2 is 1.02 bits per heavy atom. The first-order valence-electron chi connectivity index (χ1n) is 15.1. The maximum atomic E-state index is 11.7. The van der Waals surface area contributed by atoms with Gasteiger partial charge in [-0.3, -0.25) is 48.2 Å². The van der Waals surface area contributed by atoms with Gasteiger partial charge < -0.3 is 27.0 Å². The summed E-state index contributed by atoms with van der Waals surface area (Å²) in [4.78, 5) is 93.0. The van der Waals surface area contributed by atoms with Crippen LogP contribution in [0.25, 0.3) is 0 Å². The molecule has 6 N–H and O–H groups in total. The molecule has 2 unspecified atom stereocenters. The highest BCUT2D eigenvalue weighted by molar-refractivity contribution is 8.40. The van der Waals surface area contributed by atoms with Crippen molar-refractivity contribution in [2.75, 3.05) is 40.3 Å². The molecule has 0 aliphatic carbocycles. The third-order valence-corrected chi connectivity index (χ3v) is 10.6. The molecule has 0 bridgehead atoms. The molecule has 0 saturated heterocycles. The Hall–Kier alpha value is -2.68. The largest absolute Gasteiger partial charge is 0.368 e. The minimum atomic E-state index is -0.389. The Kier molecular flexibility index (Phi) is 33.1. The molecule has 0 radical (unpaired) electrons. The van der Waals surface area contributed by atoms with Gasteiger partial charge in [0.15, 0.2) is 0 Å². The molecule has 2 atom stereocenters. The van der Waals surface area contributed by atoms with E-state index in [1.165, 1.54) is 24.3 Å². The monoisotopic (exact) mass is 825 g/mol. The van der Waals surface area contributed by atoms with E-state index in [4.69, 9.17) is 17.5 Å². The van der Waals surface area contributed by atoms with E-state index in [0.29, 0.717) is 33.3 Å². The van der Waals surface area contributed by atoms with Crippen LogP contribution in [0.1, 0.15) is 66.2 Å². The maximum absolute atomic E-state index is 11.7. The normalized spacial score (nSPS) is 14.2. The van der Waals surface area contributed by atoms with Crippen molar-refractivity contribution in [3.8, 4) is 0 Å². The predicted octanol–water partition coefficient (Wildman–Crippen LogP) is 1.76. The Bertz CT molecular complexity index is 1250. The summed E-state index contributed by atoms with van der Waals surface area (Å²) >= 11 is 13.5. The van der Waals surface area contributed by atoms with Gasteiger partial charge in [0.1, 0.15) is 0 Å². The molecular weight excluding hydrogens is 775 g/mol.